The SMILES string of the molecule is Cc1c(C(C)C(=O)OC2CCC2)c2c(F)c(O)ccc2n1C(=O)c1ccc(Cl)c(Cl)c1. The van der Waals surface area contributed by atoms with E-state index in [0.29, 0.717) is 16.3 Å². The van der Waals surface area contributed by atoms with Gasteiger partial charge in [-0.2, -0.15) is 0 Å². The second-order valence-corrected chi connectivity index (χ2v) is 8.59. The maximum Gasteiger partial charge on any atom is 0.313 e. The standard InChI is InChI=1S/C23H20Cl2FNO4/c1-11(23(30)31-14-4-3-5-14)19-12(2)27(17-8-9-18(28)21(26)20(17)19)22(29)13-6-7-15(24)16(25)10-13/h6-11,14,28H,3-5H2,1-2H3. The van der Waals surface area contributed by atoms with E-state index in [9.17, 15) is 14.7 Å². The number of esters is 1. The minimum absolute atomic E-state index is 0.0176. The molecule has 3 aromatic rings. The molecule has 1 aromatic heterocycles. The van der Waals surface area contributed by atoms with Crippen molar-refractivity contribution in [1.82, 2.24) is 4.57 Å². The highest BCUT2D eigenvalue weighted by atomic mass is 35.5. The first kappa shape index (κ1) is 21.7. The van der Waals surface area contributed by atoms with Crippen LogP contribution in [0.3, 0.4) is 0 Å². The fourth-order valence-corrected chi connectivity index (χ4v) is 4.20. The van der Waals surface area contributed by atoms with Gasteiger partial charge in [-0.15, -0.1) is 0 Å². The van der Waals surface area contributed by atoms with Gasteiger partial charge in [-0.3, -0.25) is 14.2 Å². The number of carbonyl (C=O) groups excluding carboxylic acids is 2. The molecular formula is C23H20Cl2FNO4. The molecule has 5 nitrogen and oxygen atoms in total. The fraction of sp³-hybridized carbons (Fsp3) is 0.304. The molecule has 8 heteroatoms. The van der Waals surface area contributed by atoms with Crippen LogP contribution in [0.5, 0.6) is 5.75 Å². The van der Waals surface area contributed by atoms with E-state index in [1.807, 2.05) is 0 Å². The summed E-state index contributed by atoms with van der Waals surface area (Å²) < 4.78 is 21.9. The Morgan fingerprint density at radius 2 is 1.90 bits per heavy atom. The van der Waals surface area contributed by atoms with Gasteiger partial charge in [0.2, 0.25) is 0 Å². The van der Waals surface area contributed by atoms with Gasteiger partial charge in [0, 0.05) is 16.6 Å². The number of aromatic hydroxyl groups is 1. The molecule has 2 aromatic carbocycles. The lowest BCUT2D eigenvalue weighted by atomic mass is 9.94. The lowest BCUT2D eigenvalue weighted by Gasteiger charge is -2.26. The Labute approximate surface area is 188 Å². The predicted molar refractivity (Wildman–Crippen MR) is 117 cm³/mol. The number of rotatable bonds is 4. The second-order valence-electron chi connectivity index (χ2n) is 7.77. The molecule has 1 heterocycles. The number of benzene rings is 2. The smallest absolute Gasteiger partial charge is 0.313 e. The summed E-state index contributed by atoms with van der Waals surface area (Å²) in [6.45, 7) is 3.24. The Hall–Kier alpha value is -2.57. The molecule has 0 radical (unpaired) electrons. The summed E-state index contributed by atoms with van der Waals surface area (Å²) in [7, 11) is 0. The number of ether oxygens (including phenoxy) is 1. The van der Waals surface area contributed by atoms with Crippen LogP contribution >= 0.6 is 23.2 Å². The van der Waals surface area contributed by atoms with E-state index in [4.69, 9.17) is 27.9 Å². The molecule has 0 spiro atoms. The van der Waals surface area contributed by atoms with E-state index in [1.54, 1.807) is 13.8 Å². The van der Waals surface area contributed by atoms with Crippen LogP contribution in [-0.2, 0) is 9.53 Å². The Morgan fingerprint density at radius 1 is 1.19 bits per heavy atom. The average Bonchev–Trinajstić information content (AvgIpc) is 3.00. The molecule has 0 bridgehead atoms. The number of halogens is 3. The molecule has 0 aliphatic heterocycles. The highest BCUT2D eigenvalue weighted by Gasteiger charge is 2.32. The molecular weight excluding hydrogens is 444 g/mol. The summed E-state index contributed by atoms with van der Waals surface area (Å²) in [5.41, 5.74) is 1.18. The average molecular weight is 464 g/mol. The molecule has 1 saturated carbocycles. The number of hydrogen-bond donors (Lipinski definition) is 1. The van der Waals surface area contributed by atoms with Crippen molar-refractivity contribution in [2.45, 2.75) is 45.1 Å². The molecule has 0 saturated heterocycles. The molecule has 4 rings (SSSR count). The second kappa shape index (κ2) is 8.17. The van der Waals surface area contributed by atoms with Crippen molar-refractivity contribution < 1.29 is 23.8 Å². The summed E-state index contributed by atoms with van der Waals surface area (Å²) in [4.78, 5) is 26.1. The number of phenolic OH excluding ortho intramolecular Hbond substituents is 1. The Bertz CT molecular complexity index is 1220. The highest BCUT2D eigenvalue weighted by Crippen LogP contribution is 2.38. The van der Waals surface area contributed by atoms with Crippen LogP contribution in [0.25, 0.3) is 10.9 Å². The van der Waals surface area contributed by atoms with Crippen molar-refractivity contribution >= 4 is 46.0 Å². The molecule has 0 amide bonds. The van der Waals surface area contributed by atoms with Gasteiger partial charge in [0.1, 0.15) is 6.10 Å². The minimum atomic E-state index is -0.889. The van der Waals surface area contributed by atoms with Gasteiger partial charge < -0.3 is 9.84 Å². The number of carbonyl (C=O) groups is 2. The van der Waals surface area contributed by atoms with Crippen LogP contribution in [-0.4, -0.2) is 27.7 Å². The fourth-order valence-electron chi connectivity index (χ4n) is 3.90. The first-order valence-corrected chi connectivity index (χ1v) is 10.7. The molecule has 1 atom stereocenters. The van der Waals surface area contributed by atoms with E-state index in [2.05, 4.69) is 0 Å². The zero-order valence-corrected chi connectivity index (χ0v) is 18.4. The summed E-state index contributed by atoms with van der Waals surface area (Å²) >= 11 is 12.0. The zero-order valence-electron chi connectivity index (χ0n) is 16.9. The number of nitrogens with zero attached hydrogens (tertiary/aromatic N) is 1. The van der Waals surface area contributed by atoms with E-state index < -0.39 is 29.4 Å². The van der Waals surface area contributed by atoms with E-state index in [0.717, 1.165) is 19.3 Å². The van der Waals surface area contributed by atoms with Gasteiger partial charge in [-0.1, -0.05) is 23.2 Å². The van der Waals surface area contributed by atoms with E-state index in [-0.39, 0.29) is 27.6 Å². The number of aromatic nitrogens is 1. The molecule has 1 fully saturated rings. The van der Waals surface area contributed by atoms with Gasteiger partial charge in [0.05, 0.1) is 21.5 Å². The van der Waals surface area contributed by atoms with Crippen molar-refractivity contribution in [1.29, 1.82) is 0 Å². The highest BCUT2D eigenvalue weighted by molar-refractivity contribution is 6.42. The molecule has 1 aliphatic rings. The lowest BCUT2D eigenvalue weighted by Crippen LogP contribution is -2.27. The van der Waals surface area contributed by atoms with Crippen LogP contribution in [0, 0.1) is 12.7 Å². The number of phenols is 1. The molecule has 1 N–H and O–H groups in total. The van der Waals surface area contributed by atoms with Crippen LogP contribution < -0.4 is 0 Å². The van der Waals surface area contributed by atoms with Crippen LogP contribution in [0.4, 0.5) is 4.39 Å². The largest absolute Gasteiger partial charge is 0.505 e. The summed E-state index contributed by atoms with van der Waals surface area (Å²) in [5, 5.41) is 10.5. The maximum absolute atomic E-state index is 15.0. The molecule has 1 unspecified atom stereocenters. The molecule has 31 heavy (non-hydrogen) atoms. The van der Waals surface area contributed by atoms with Crippen LogP contribution in [0.1, 0.15) is 53.7 Å². The summed E-state index contributed by atoms with van der Waals surface area (Å²) in [6.07, 6.45) is 2.50. The number of fused-ring (bicyclic) bond motifs is 1. The number of hydrogen-bond acceptors (Lipinski definition) is 4. The Balaban J connectivity index is 1.87. The zero-order chi connectivity index (χ0) is 22.4. The lowest BCUT2D eigenvalue weighted by molar-refractivity contribution is -0.154. The monoisotopic (exact) mass is 463 g/mol. The third-order valence-electron chi connectivity index (χ3n) is 5.83. The quantitative estimate of drug-likeness (QED) is 0.482. The summed E-state index contributed by atoms with van der Waals surface area (Å²) in [5.74, 6) is -3.23. The van der Waals surface area contributed by atoms with E-state index in [1.165, 1.54) is 34.9 Å². The Morgan fingerprint density at radius 3 is 2.52 bits per heavy atom. The van der Waals surface area contributed by atoms with Gasteiger partial charge in [0.25, 0.3) is 5.91 Å². The van der Waals surface area contributed by atoms with Gasteiger partial charge >= 0.3 is 5.97 Å². The van der Waals surface area contributed by atoms with Crippen molar-refractivity contribution in [2.24, 2.45) is 0 Å². The van der Waals surface area contributed by atoms with Crippen LogP contribution in [0.15, 0.2) is 30.3 Å². The third-order valence-corrected chi connectivity index (χ3v) is 6.57. The van der Waals surface area contributed by atoms with Crippen molar-refractivity contribution in [2.75, 3.05) is 0 Å². The van der Waals surface area contributed by atoms with Crippen molar-refractivity contribution in [3.8, 4) is 5.75 Å². The maximum atomic E-state index is 15.0. The first-order chi connectivity index (χ1) is 14.7. The molecule has 162 valence electrons. The Kier molecular flexibility index (Phi) is 5.71. The van der Waals surface area contributed by atoms with Gasteiger partial charge in [-0.05, 0) is 69.0 Å². The summed E-state index contributed by atoms with van der Waals surface area (Å²) in [6, 6.07) is 7.08. The van der Waals surface area contributed by atoms with E-state index >= 15 is 4.39 Å². The minimum Gasteiger partial charge on any atom is -0.505 e. The van der Waals surface area contributed by atoms with Gasteiger partial charge in [0.15, 0.2) is 11.6 Å². The topological polar surface area (TPSA) is 68.5 Å². The van der Waals surface area contributed by atoms with Crippen LogP contribution in [0.2, 0.25) is 10.0 Å². The predicted octanol–water partition coefficient (Wildman–Crippen LogP) is 5.99. The van der Waals surface area contributed by atoms with Crippen molar-refractivity contribution in [3.05, 3.63) is 63.0 Å². The third kappa shape index (κ3) is 3.68. The van der Waals surface area contributed by atoms with Crippen molar-refractivity contribution in [3.63, 3.8) is 0 Å². The first-order valence-electron chi connectivity index (χ1n) is 9.93. The normalized spacial score (nSPS) is 15.0. The van der Waals surface area contributed by atoms with Gasteiger partial charge in [-0.25, -0.2) is 4.39 Å². The molecule has 1 aliphatic carbocycles.